The highest BCUT2D eigenvalue weighted by atomic mass is 14.9. The van der Waals surface area contributed by atoms with Crippen molar-refractivity contribution >= 4 is 10.8 Å². The summed E-state index contributed by atoms with van der Waals surface area (Å²) in [7, 11) is 2.05. The van der Waals surface area contributed by atoms with Crippen LogP contribution in [0.4, 0.5) is 0 Å². The molecule has 0 radical (unpaired) electrons. The summed E-state index contributed by atoms with van der Waals surface area (Å²) in [4.78, 5) is 4.34. The van der Waals surface area contributed by atoms with Gasteiger partial charge >= 0.3 is 0 Å². The Morgan fingerprint density at radius 1 is 1.17 bits per heavy atom. The number of aromatic nitrogens is 1. The van der Waals surface area contributed by atoms with Crippen molar-refractivity contribution in [2.45, 2.75) is 32.7 Å². The van der Waals surface area contributed by atoms with Crippen molar-refractivity contribution < 1.29 is 0 Å². The molecule has 2 heteroatoms. The molecule has 2 nitrogen and oxygen atoms in total. The third kappa shape index (κ3) is 2.88. The van der Waals surface area contributed by atoms with Crippen LogP contribution >= 0.6 is 0 Å². The van der Waals surface area contributed by atoms with E-state index in [1.54, 1.807) is 0 Å². The number of nitrogens with zero attached hydrogens (tertiary/aromatic N) is 1. The Bertz CT molecular complexity index is 500. The standard InChI is InChI=1S/C16H22N2/c1-12(2)16(17-3)9-8-14-11-18-10-13-6-4-5-7-15(13)14/h4-7,10-12,16-17H,8-9H2,1-3H3. The third-order valence-electron chi connectivity index (χ3n) is 3.65. The zero-order valence-corrected chi connectivity index (χ0v) is 11.5. The Balaban J connectivity index is 2.17. The van der Waals surface area contributed by atoms with Crippen LogP contribution in [-0.2, 0) is 6.42 Å². The predicted octanol–water partition coefficient (Wildman–Crippen LogP) is 3.41. The molecule has 2 rings (SSSR count). The molecular weight excluding hydrogens is 220 g/mol. The van der Waals surface area contributed by atoms with Crippen molar-refractivity contribution in [1.29, 1.82) is 0 Å². The first-order chi connectivity index (χ1) is 8.72. The monoisotopic (exact) mass is 242 g/mol. The second kappa shape index (κ2) is 5.96. The maximum absolute atomic E-state index is 4.34. The number of rotatable bonds is 5. The first kappa shape index (κ1) is 13.0. The fraction of sp³-hybridized carbons (Fsp3) is 0.438. The Hall–Kier alpha value is -1.41. The topological polar surface area (TPSA) is 24.9 Å². The molecule has 1 aromatic heterocycles. The molecule has 0 amide bonds. The summed E-state index contributed by atoms with van der Waals surface area (Å²) >= 11 is 0. The lowest BCUT2D eigenvalue weighted by Crippen LogP contribution is -2.31. The van der Waals surface area contributed by atoms with Crippen LogP contribution in [0.25, 0.3) is 10.8 Å². The number of hydrogen-bond acceptors (Lipinski definition) is 2. The minimum atomic E-state index is 0.573. The summed E-state index contributed by atoms with van der Waals surface area (Å²) in [6, 6.07) is 9.06. The molecule has 2 aromatic rings. The zero-order chi connectivity index (χ0) is 13.0. The molecule has 1 atom stereocenters. The SMILES string of the molecule is CNC(CCc1cncc2ccccc12)C(C)C. The van der Waals surface area contributed by atoms with Gasteiger partial charge in [0.2, 0.25) is 0 Å². The van der Waals surface area contributed by atoms with Gasteiger partial charge in [-0.15, -0.1) is 0 Å². The lowest BCUT2D eigenvalue weighted by molar-refractivity contribution is 0.403. The van der Waals surface area contributed by atoms with E-state index in [0.29, 0.717) is 12.0 Å². The molecule has 0 fully saturated rings. The maximum Gasteiger partial charge on any atom is 0.0346 e. The second-order valence-corrected chi connectivity index (χ2v) is 5.20. The van der Waals surface area contributed by atoms with E-state index in [1.165, 1.54) is 16.3 Å². The van der Waals surface area contributed by atoms with Crippen molar-refractivity contribution in [2.24, 2.45) is 5.92 Å². The van der Waals surface area contributed by atoms with E-state index in [0.717, 1.165) is 12.8 Å². The summed E-state index contributed by atoms with van der Waals surface area (Å²) < 4.78 is 0. The van der Waals surface area contributed by atoms with Crippen molar-refractivity contribution in [2.75, 3.05) is 7.05 Å². The summed E-state index contributed by atoms with van der Waals surface area (Å²) in [6.45, 7) is 4.53. The van der Waals surface area contributed by atoms with Gasteiger partial charge in [0.05, 0.1) is 0 Å². The summed E-state index contributed by atoms with van der Waals surface area (Å²) in [5.74, 6) is 0.665. The molecule has 1 aromatic carbocycles. The Morgan fingerprint density at radius 3 is 2.67 bits per heavy atom. The van der Waals surface area contributed by atoms with Gasteiger partial charge in [0.1, 0.15) is 0 Å². The van der Waals surface area contributed by atoms with Gasteiger partial charge in [-0.1, -0.05) is 38.1 Å². The number of aryl methyl sites for hydroxylation is 1. The molecule has 1 heterocycles. The van der Waals surface area contributed by atoms with Gasteiger partial charge in [-0.05, 0) is 36.8 Å². The molecule has 0 aliphatic carbocycles. The molecule has 0 saturated carbocycles. The third-order valence-corrected chi connectivity index (χ3v) is 3.65. The van der Waals surface area contributed by atoms with Crippen LogP contribution in [0.2, 0.25) is 0 Å². The highest BCUT2D eigenvalue weighted by Gasteiger charge is 2.11. The number of hydrogen-bond donors (Lipinski definition) is 1. The largest absolute Gasteiger partial charge is 0.317 e. The predicted molar refractivity (Wildman–Crippen MR) is 77.7 cm³/mol. The number of fused-ring (bicyclic) bond motifs is 1. The maximum atomic E-state index is 4.34. The van der Waals surface area contributed by atoms with E-state index in [1.807, 2.05) is 19.4 Å². The lowest BCUT2D eigenvalue weighted by atomic mass is 9.95. The first-order valence-corrected chi connectivity index (χ1v) is 6.71. The van der Waals surface area contributed by atoms with Crippen molar-refractivity contribution in [3.8, 4) is 0 Å². The molecule has 0 spiro atoms. The molecule has 0 aliphatic rings. The van der Waals surface area contributed by atoms with Gasteiger partial charge in [0, 0.05) is 23.8 Å². The molecule has 96 valence electrons. The number of pyridine rings is 1. The van der Waals surface area contributed by atoms with Gasteiger partial charge in [-0.25, -0.2) is 0 Å². The summed E-state index contributed by atoms with van der Waals surface area (Å²) in [5, 5.41) is 5.98. The molecule has 1 unspecified atom stereocenters. The first-order valence-electron chi connectivity index (χ1n) is 6.71. The van der Waals surface area contributed by atoms with Crippen LogP contribution in [0.3, 0.4) is 0 Å². The van der Waals surface area contributed by atoms with Gasteiger partial charge < -0.3 is 5.32 Å². The second-order valence-electron chi connectivity index (χ2n) is 5.20. The fourth-order valence-electron chi connectivity index (χ4n) is 2.50. The average molecular weight is 242 g/mol. The average Bonchev–Trinajstić information content (AvgIpc) is 2.39. The van der Waals surface area contributed by atoms with E-state index in [9.17, 15) is 0 Å². The number of benzene rings is 1. The normalized spacial score (nSPS) is 13.1. The van der Waals surface area contributed by atoms with Crippen molar-refractivity contribution in [1.82, 2.24) is 10.3 Å². The Labute approximate surface area is 109 Å². The van der Waals surface area contributed by atoms with Gasteiger partial charge in [0.25, 0.3) is 0 Å². The van der Waals surface area contributed by atoms with Crippen LogP contribution in [0.1, 0.15) is 25.8 Å². The Kier molecular flexibility index (Phi) is 4.32. The van der Waals surface area contributed by atoms with Crippen molar-refractivity contribution in [3.05, 3.63) is 42.2 Å². The van der Waals surface area contributed by atoms with Crippen LogP contribution < -0.4 is 5.32 Å². The molecular formula is C16H22N2. The molecule has 0 aliphatic heterocycles. The fourth-order valence-corrected chi connectivity index (χ4v) is 2.50. The quantitative estimate of drug-likeness (QED) is 0.869. The molecule has 18 heavy (non-hydrogen) atoms. The van der Waals surface area contributed by atoms with Gasteiger partial charge in [0.15, 0.2) is 0 Å². The molecule has 1 N–H and O–H groups in total. The van der Waals surface area contributed by atoms with Crippen molar-refractivity contribution in [3.63, 3.8) is 0 Å². The van der Waals surface area contributed by atoms with Crippen LogP contribution in [-0.4, -0.2) is 18.1 Å². The lowest BCUT2D eigenvalue weighted by Gasteiger charge is -2.20. The van der Waals surface area contributed by atoms with E-state index in [4.69, 9.17) is 0 Å². The zero-order valence-electron chi connectivity index (χ0n) is 11.5. The van der Waals surface area contributed by atoms with Crippen LogP contribution in [0, 0.1) is 5.92 Å². The van der Waals surface area contributed by atoms with Gasteiger partial charge in [-0.3, -0.25) is 4.98 Å². The van der Waals surface area contributed by atoms with Crippen LogP contribution in [0.5, 0.6) is 0 Å². The minimum absolute atomic E-state index is 0.573. The highest BCUT2D eigenvalue weighted by Crippen LogP contribution is 2.19. The highest BCUT2D eigenvalue weighted by molar-refractivity contribution is 5.84. The summed E-state index contributed by atoms with van der Waals surface area (Å²) in [5.41, 5.74) is 1.36. The molecule has 0 saturated heterocycles. The van der Waals surface area contributed by atoms with Crippen LogP contribution in [0.15, 0.2) is 36.7 Å². The summed E-state index contributed by atoms with van der Waals surface area (Å²) in [6.07, 6.45) is 6.19. The van der Waals surface area contributed by atoms with E-state index in [-0.39, 0.29) is 0 Å². The molecule has 0 bridgehead atoms. The van der Waals surface area contributed by atoms with Gasteiger partial charge in [-0.2, -0.15) is 0 Å². The smallest absolute Gasteiger partial charge is 0.0346 e. The minimum Gasteiger partial charge on any atom is -0.317 e. The van der Waals surface area contributed by atoms with E-state index >= 15 is 0 Å². The number of nitrogens with one attached hydrogen (secondary N) is 1. The van der Waals surface area contributed by atoms with E-state index < -0.39 is 0 Å². The Morgan fingerprint density at radius 2 is 1.94 bits per heavy atom. The van der Waals surface area contributed by atoms with E-state index in [2.05, 4.69) is 48.4 Å².